The predicted molar refractivity (Wildman–Crippen MR) is 208 cm³/mol. The van der Waals surface area contributed by atoms with Crippen molar-refractivity contribution < 1.29 is 52.9 Å². The summed E-state index contributed by atoms with van der Waals surface area (Å²) in [4.78, 5) is 55.4. The molecule has 11 nitrogen and oxygen atoms in total. The van der Waals surface area contributed by atoms with Gasteiger partial charge >= 0.3 is 19.8 Å². The standard InChI is InChI=1S/C41H71O11P/c1-3-5-7-8-9-10-11-12-13-14-15-16-17-18-23-27-40(45)50-32-35(33-51-53(47,48)49)52-41(46)28-24-20-19-22-26-36-37(39(44)31-38(36)43)30-29-34(42)25-21-6-4-2/h12-13,19,22,29-30,34-38,42-43H,3-11,14-18,20-21,23-28,31-33H2,1-2H3,(H2,47,48,49)/b13-12-,22-19-,30-29+/t34-,35+,36+,37+,38-/m0/s1. The van der Waals surface area contributed by atoms with E-state index >= 15 is 0 Å². The van der Waals surface area contributed by atoms with Crippen LogP contribution in [0.5, 0.6) is 0 Å². The van der Waals surface area contributed by atoms with E-state index in [4.69, 9.17) is 19.3 Å². The van der Waals surface area contributed by atoms with Crippen LogP contribution < -0.4 is 0 Å². The van der Waals surface area contributed by atoms with E-state index in [2.05, 4.69) is 30.5 Å². The van der Waals surface area contributed by atoms with Gasteiger partial charge in [0.1, 0.15) is 12.4 Å². The lowest BCUT2D eigenvalue weighted by Crippen LogP contribution is -2.29. The molecule has 5 atom stereocenters. The number of unbranched alkanes of at least 4 members (excludes halogenated alkanes) is 14. The Kier molecular flexibility index (Phi) is 28.7. The van der Waals surface area contributed by atoms with Crippen molar-refractivity contribution in [3.8, 4) is 0 Å². The molecule has 4 N–H and O–H groups in total. The van der Waals surface area contributed by atoms with Crippen LogP contribution in [-0.2, 0) is 32.9 Å². The van der Waals surface area contributed by atoms with Crippen LogP contribution >= 0.6 is 7.82 Å². The SMILES string of the molecule is CCCCCCCC/C=C\CCCCCCCC(=O)OC[C@H](COP(=O)(O)O)OC(=O)CCC/C=C\C[C@H]1[C@@H](O)CC(=O)[C@@H]1/C=C/[C@@H](O)CCCCC. The molecule has 306 valence electrons. The van der Waals surface area contributed by atoms with E-state index in [9.17, 15) is 29.2 Å². The number of hydrogen-bond donors (Lipinski definition) is 4. The Balaban J connectivity index is 2.32. The van der Waals surface area contributed by atoms with E-state index in [1.807, 2.05) is 12.2 Å². The number of ether oxygens (including phenoxy) is 2. The van der Waals surface area contributed by atoms with E-state index in [1.165, 1.54) is 38.5 Å². The minimum absolute atomic E-state index is 0.0193. The fourth-order valence-electron chi connectivity index (χ4n) is 6.35. The number of phosphoric acid groups is 1. The Morgan fingerprint density at radius 3 is 2.00 bits per heavy atom. The molecular weight excluding hydrogens is 699 g/mol. The van der Waals surface area contributed by atoms with Crippen LogP contribution in [0.4, 0.5) is 0 Å². The molecule has 0 bridgehead atoms. The van der Waals surface area contributed by atoms with Gasteiger partial charge in [0.05, 0.1) is 18.8 Å². The Labute approximate surface area is 319 Å². The first kappa shape index (κ1) is 48.9. The van der Waals surface area contributed by atoms with Crippen LogP contribution in [0.3, 0.4) is 0 Å². The summed E-state index contributed by atoms with van der Waals surface area (Å²) in [5, 5.41) is 20.6. The third kappa shape index (κ3) is 27.1. The Morgan fingerprint density at radius 2 is 1.34 bits per heavy atom. The maximum Gasteiger partial charge on any atom is 0.469 e. The Hall–Kier alpha value is -2.14. The largest absolute Gasteiger partial charge is 0.469 e. The van der Waals surface area contributed by atoms with Gasteiger partial charge in [0.2, 0.25) is 0 Å². The maximum absolute atomic E-state index is 12.5. The molecule has 0 unspecified atom stereocenters. The quantitative estimate of drug-likeness (QED) is 0.0217. The van der Waals surface area contributed by atoms with Crippen molar-refractivity contribution in [3.63, 3.8) is 0 Å². The van der Waals surface area contributed by atoms with Gasteiger partial charge in [0.25, 0.3) is 0 Å². The number of phosphoric ester groups is 1. The Bertz CT molecular complexity index is 1120. The normalized spacial score (nSPS) is 19.1. The van der Waals surface area contributed by atoms with Gasteiger partial charge < -0.3 is 29.5 Å². The van der Waals surface area contributed by atoms with E-state index in [1.54, 1.807) is 12.2 Å². The van der Waals surface area contributed by atoms with E-state index in [0.717, 1.165) is 57.8 Å². The fraction of sp³-hybridized carbons (Fsp3) is 0.780. The summed E-state index contributed by atoms with van der Waals surface area (Å²) in [5.41, 5.74) is 0. The Morgan fingerprint density at radius 1 is 0.774 bits per heavy atom. The number of rotatable bonds is 33. The zero-order valence-corrected chi connectivity index (χ0v) is 33.5. The van der Waals surface area contributed by atoms with Crippen molar-refractivity contribution in [1.29, 1.82) is 0 Å². The zero-order valence-electron chi connectivity index (χ0n) is 32.6. The summed E-state index contributed by atoms with van der Waals surface area (Å²) in [7, 11) is -4.83. The summed E-state index contributed by atoms with van der Waals surface area (Å²) in [5.74, 6) is -1.86. The maximum atomic E-state index is 12.5. The predicted octanol–water partition coefficient (Wildman–Crippen LogP) is 8.77. The zero-order chi connectivity index (χ0) is 39.2. The first-order valence-electron chi connectivity index (χ1n) is 20.4. The molecular formula is C41H71O11P. The molecule has 0 heterocycles. The van der Waals surface area contributed by atoms with Crippen LogP contribution in [0.25, 0.3) is 0 Å². The van der Waals surface area contributed by atoms with Crippen LogP contribution in [0.15, 0.2) is 36.5 Å². The van der Waals surface area contributed by atoms with Gasteiger partial charge in [-0.15, -0.1) is 0 Å². The van der Waals surface area contributed by atoms with E-state index in [-0.39, 0.29) is 37.6 Å². The van der Waals surface area contributed by atoms with Crippen molar-refractivity contribution in [3.05, 3.63) is 36.5 Å². The molecule has 12 heteroatoms. The number of hydrogen-bond acceptors (Lipinski definition) is 9. The summed E-state index contributed by atoms with van der Waals surface area (Å²) in [6, 6.07) is 0. The minimum Gasteiger partial charge on any atom is -0.462 e. The summed E-state index contributed by atoms with van der Waals surface area (Å²) >= 11 is 0. The molecule has 1 rings (SSSR count). The number of aliphatic hydroxyl groups is 2. The lowest BCUT2D eigenvalue weighted by molar-refractivity contribution is -0.161. The third-order valence-electron chi connectivity index (χ3n) is 9.51. The van der Waals surface area contributed by atoms with Gasteiger partial charge in [-0.3, -0.25) is 18.9 Å². The first-order chi connectivity index (χ1) is 25.5. The molecule has 0 amide bonds. The summed E-state index contributed by atoms with van der Waals surface area (Å²) < 4.78 is 26.3. The smallest absolute Gasteiger partial charge is 0.462 e. The number of Topliss-reactive ketones (excluding diaryl/α,β-unsaturated/α-hetero) is 1. The average Bonchev–Trinajstić information content (AvgIpc) is 3.38. The topological polar surface area (TPSA) is 177 Å². The van der Waals surface area contributed by atoms with Crippen LogP contribution in [-0.4, -0.2) is 69.2 Å². The highest BCUT2D eigenvalue weighted by molar-refractivity contribution is 7.46. The lowest BCUT2D eigenvalue weighted by atomic mass is 9.90. The number of carbonyl (C=O) groups excluding carboxylic acids is 3. The molecule has 1 saturated carbocycles. The van der Waals surface area contributed by atoms with Gasteiger partial charge in [-0.25, -0.2) is 4.57 Å². The van der Waals surface area contributed by atoms with Gasteiger partial charge in [0, 0.05) is 31.1 Å². The molecule has 0 aromatic heterocycles. The lowest BCUT2D eigenvalue weighted by Gasteiger charge is -2.18. The van der Waals surface area contributed by atoms with Gasteiger partial charge in [-0.1, -0.05) is 121 Å². The number of allylic oxidation sites excluding steroid dienone is 5. The molecule has 0 radical (unpaired) electrons. The highest BCUT2D eigenvalue weighted by Gasteiger charge is 2.39. The molecule has 0 aromatic rings. The van der Waals surface area contributed by atoms with Crippen LogP contribution in [0.1, 0.15) is 162 Å². The van der Waals surface area contributed by atoms with Crippen molar-refractivity contribution in [2.75, 3.05) is 13.2 Å². The van der Waals surface area contributed by atoms with Crippen molar-refractivity contribution in [2.45, 2.75) is 180 Å². The summed E-state index contributed by atoms with van der Waals surface area (Å²) in [6.45, 7) is 3.34. The monoisotopic (exact) mass is 770 g/mol. The second-order valence-corrected chi connectivity index (χ2v) is 15.6. The molecule has 0 saturated heterocycles. The molecule has 1 aliphatic carbocycles. The first-order valence-corrected chi connectivity index (χ1v) is 21.9. The molecule has 1 fully saturated rings. The van der Waals surface area contributed by atoms with Crippen molar-refractivity contribution >= 4 is 25.5 Å². The molecule has 53 heavy (non-hydrogen) atoms. The summed E-state index contributed by atoms with van der Waals surface area (Å²) in [6.07, 6.45) is 29.5. The van der Waals surface area contributed by atoms with E-state index < -0.39 is 50.6 Å². The van der Waals surface area contributed by atoms with Crippen LogP contribution in [0, 0.1) is 11.8 Å². The molecule has 0 aliphatic heterocycles. The molecule has 1 aliphatic rings. The minimum atomic E-state index is -4.83. The van der Waals surface area contributed by atoms with Crippen molar-refractivity contribution in [1.82, 2.24) is 0 Å². The number of esters is 2. The fourth-order valence-corrected chi connectivity index (χ4v) is 6.71. The van der Waals surface area contributed by atoms with Gasteiger partial charge in [-0.2, -0.15) is 0 Å². The second kappa shape index (κ2) is 31.1. The van der Waals surface area contributed by atoms with Gasteiger partial charge in [-0.05, 0) is 57.8 Å². The number of ketones is 1. The van der Waals surface area contributed by atoms with Gasteiger partial charge in [0.15, 0.2) is 6.10 Å². The highest BCUT2D eigenvalue weighted by atomic mass is 31.2. The molecule has 0 spiro atoms. The van der Waals surface area contributed by atoms with Crippen LogP contribution in [0.2, 0.25) is 0 Å². The van der Waals surface area contributed by atoms with E-state index in [0.29, 0.717) is 32.1 Å². The average molecular weight is 771 g/mol. The third-order valence-corrected chi connectivity index (χ3v) is 9.99. The highest BCUT2D eigenvalue weighted by Crippen LogP contribution is 2.36. The number of aliphatic hydroxyl groups excluding tert-OH is 2. The second-order valence-electron chi connectivity index (χ2n) is 14.4. The van der Waals surface area contributed by atoms with Crippen molar-refractivity contribution in [2.24, 2.45) is 11.8 Å². The number of carbonyl (C=O) groups is 3. The molecule has 0 aromatic carbocycles.